The molecule has 2 aromatic carbocycles. The number of amides is 2. The summed E-state index contributed by atoms with van der Waals surface area (Å²) in [6, 6.07) is 12.2. The molecule has 2 amide bonds. The first-order valence-corrected chi connectivity index (χ1v) is 8.83. The summed E-state index contributed by atoms with van der Waals surface area (Å²) in [7, 11) is 0. The fraction of sp³-hybridized carbons (Fsp3) is 0.238. The first-order valence-electron chi connectivity index (χ1n) is 8.83. The van der Waals surface area contributed by atoms with Crippen molar-refractivity contribution >= 4 is 17.5 Å². The van der Waals surface area contributed by atoms with Crippen molar-refractivity contribution in [2.75, 3.05) is 5.32 Å². The highest BCUT2D eigenvalue weighted by Crippen LogP contribution is 2.23. The topological polar surface area (TPSA) is 138 Å². The Labute approximate surface area is 168 Å². The Bertz CT molecular complexity index is 1000. The highest BCUT2D eigenvalue weighted by molar-refractivity contribution is 5.96. The van der Waals surface area contributed by atoms with E-state index in [1.165, 1.54) is 31.2 Å². The molecule has 0 unspecified atom stereocenters. The van der Waals surface area contributed by atoms with Crippen molar-refractivity contribution in [3.63, 3.8) is 0 Å². The molecule has 0 saturated carbocycles. The van der Waals surface area contributed by atoms with E-state index in [1.807, 2.05) is 13.0 Å². The SMILES string of the molecule is Cc1c(C#N)ccc(N[C@@H](C(=O)NNC(=O)c2ccc(C#N)cc2)[C@H](C)O)c1C. The van der Waals surface area contributed by atoms with Gasteiger partial charge < -0.3 is 10.4 Å². The van der Waals surface area contributed by atoms with Gasteiger partial charge in [0.1, 0.15) is 6.04 Å². The highest BCUT2D eigenvalue weighted by atomic mass is 16.3. The van der Waals surface area contributed by atoms with Crippen LogP contribution in [0.2, 0.25) is 0 Å². The number of aliphatic hydroxyl groups is 1. The van der Waals surface area contributed by atoms with Gasteiger partial charge in [-0.1, -0.05) is 0 Å². The first kappa shape index (κ1) is 21.4. The molecule has 148 valence electrons. The van der Waals surface area contributed by atoms with Crippen LogP contribution < -0.4 is 16.2 Å². The Morgan fingerprint density at radius 3 is 2.17 bits per heavy atom. The molecule has 0 aliphatic heterocycles. The molecule has 2 aromatic rings. The lowest BCUT2D eigenvalue weighted by atomic mass is 10.0. The number of hydrazine groups is 1. The fourth-order valence-electron chi connectivity index (χ4n) is 2.64. The molecular weight excluding hydrogens is 370 g/mol. The van der Waals surface area contributed by atoms with E-state index in [-0.39, 0.29) is 5.56 Å². The third kappa shape index (κ3) is 5.10. The minimum absolute atomic E-state index is 0.268. The van der Waals surface area contributed by atoms with Crippen LogP contribution in [0.1, 0.15) is 39.5 Å². The summed E-state index contributed by atoms with van der Waals surface area (Å²) in [5.74, 6) is -1.19. The first-order chi connectivity index (χ1) is 13.8. The van der Waals surface area contributed by atoms with Gasteiger partial charge in [-0.3, -0.25) is 20.4 Å². The lowest BCUT2D eigenvalue weighted by Gasteiger charge is -2.23. The molecule has 8 nitrogen and oxygen atoms in total. The van der Waals surface area contributed by atoms with Gasteiger partial charge in [-0.2, -0.15) is 10.5 Å². The van der Waals surface area contributed by atoms with E-state index in [9.17, 15) is 14.7 Å². The van der Waals surface area contributed by atoms with Gasteiger partial charge in [0, 0.05) is 11.3 Å². The number of anilines is 1. The Kier molecular flexibility index (Phi) is 6.91. The molecule has 0 saturated heterocycles. The van der Waals surface area contributed by atoms with Gasteiger partial charge in [0.15, 0.2) is 0 Å². The molecule has 0 spiro atoms. The van der Waals surface area contributed by atoms with Crippen LogP contribution in [0.25, 0.3) is 0 Å². The van der Waals surface area contributed by atoms with Gasteiger partial charge in [0.2, 0.25) is 0 Å². The number of aliphatic hydroxyl groups excluding tert-OH is 1. The smallest absolute Gasteiger partial charge is 0.269 e. The molecular formula is C21H21N5O3. The fourth-order valence-corrected chi connectivity index (χ4v) is 2.64. The molecule has 2 atom stereocenters. The number of rotatable bonds is 5. The number of nitriles is 2. The van der Waals surface area contributed by atoms with Crippen molar-refractivity contribution in [1.29, 1.82) is 10.5 Å². The maximum Gasteiger partial charge on any atom is 0.269 e. The molecule has 0 fully saturated rings. The number of hydrogen-bond donors (Lipinski definition) is 4. The van der Waals surface area contributed by atoms with Crippen molar-refractivity contribution in [2.24, 2.45) is 0 Å². The van der Waals surface area contributed by atoms with Gasteiger partial charge in [-0.25, -0.2) is 0 Å². The van der Waals surface area contributed by atoms with Crippen LogP contribution in [0, 0.1) is 36.5 Å². The minimum Gasteiger partial charge on any atom is -0.391 e. The molecule has 0 bridgehead atoms. The number of carbonyl (C=O) groups is 2. The molecule has 29 heavy (non-hydrogen) atoms. The largest absolute Gasteiger partial charge is 0.391 e. The van der Waals surface area contributed by atoms with E-state index in [2.05, 4.69) is 22.2 Å². The van der Waals surface area contributed by atoms with E-state index in [0.29, 0.717) is 16.8 Å². The molecule has 2 rings (SSSR count). The van der Waals surface area contributed by atoms with E-state index < -0.39 is 24.0 Å². The van der Waals surface area contributed by atoms with Gasteiger partial charge in [0.25, 0.3) is 11.8 Å². The van der Waals surface area contributed by atoms with Crippen LogP contribution in [0.15, 0.2) is 36.4 Å². The second-order valence-electron chi connectivity index (χ2n) is 6.52. The summed E-state index contributed by atoms with van der Waals surface area (Å²) >= 11 is 0. The van der Waals surface area contributed by atoms with Gasteiger partial charge in [-0.15, -0.1) is 0 Å². The summed E-state index contributed by atoms with van der Waals surface area (Å²) in [5.41, 5.74) is 7.94. The van der Waals surface area contributed by atoms with Crippen molar-refractivity contribution < 1.29 is 14.7 Å². The predicted molar refractivity (Wildman–Crippen MR) is 106 cm³/mol. The van der Waals surface area contributed by atoms with E-state index >= 15 is 0 Å². The van der Waals surface area contributed by atoms with Crippen LogP contribution in [-0.2, 0) is 4.79 Å². The van der Waals surface area contributed by atoms with Crippen LogP contribution in [-0.4, -0.2) is 29.1 Å². The maximum atomic E-state index is 12.5. The Morgan fingerprint density at radius 1 is 0.966 bits per heavy atom. The highest BCUT2D eigenvalue weighted by Gasteiger charge is 2.25. The zero-order chi connectivity index (χ0) is 21.6. The second-order valence-corrected chi connectivity index (χ2v) is 6.52. The van der Waals surface area contributed by atoms with Crippen molar-refractivity contribution in [3.05, 3.63) is 64.2 Å². The molecule has 0 aromatic heterocycles. The molecule has 0 radical (unpaired) electrons. The summed E-state index contributed by atoms with van der Waals surface area (Å²) in [4.78, 5) is 24.6. The average molecular weight is 391 g/mol. The van der Waals surface area contributed by atoms with E-state index in [1.54, 1.807) is 19.1 Å². The monoisotopic (exact) mass is 391 g/mol. The Balaban J connectivity index is 2.08. The molecule has 0 heterocycles. The normalized spacial score (nSPS) is 12.1. The number of nitrogens with one attached hydrogen (secondary N) is 3. The van der Waals surface area contributed by atoms with Crippen molar-refractivity contribution in [3.8, 4) is 12.1 Å². The number of benzene rings is 2. The zero-order valence-electron chi connectivity index (χ0n) is 16.3. The Hall–Kier alpha value is -3.88. The predicted octanol–water partition coefficient (Wildman–Crippen LogP) is 1.67. The van der Waals surface area contributed by atoms with E-state index in [0.717, 1.165) is 11.1 Å². The Morgan fingerprint density at radius 2 is 1.62 bits per heavy atom. The lowest BCUT2D eigenvalue weighted by molar-refractivity contribution is -0.124. The summed E-state index contributed by atoms with van der Waals surface area (Å²) < 4.78 is 0. The van der Waals surface area contributed by atoms with Crippen molar-refractivity contribution in [2.45, 2.75) is 32.9 Å². The molecule has 0 aliphatic rings. The third-order valence-electron chi connectivity index (χ3n) is 4.56. The lowest BCUT2D eigenvalue weighted by Crippen LogP contribution is -2.52. The molecule has 4 N–H and O–H groups in total. The number of hydrogen-bond acceptors (Lipinski definition) is 6. The molecule has 0 aliphatic carbocycles. The number of carbonyl (C=O) groups excluding carboxylic acids is 2. The van der Waals surface area contributed by atoms with Crippen molar-refractivity contribution in [1.82, 2.24) is 10.9 Å². The summed E-state index contributed by atoms with van der Waals surface area (Å²) in [5, 5.41) is 30.9. The quantitative estimate of drug-likeness (QED) is 0.572. The summed E-state index contributed by atoms with van der Waals surface area (Å²) in [6.07, 6.45) is -1.06. The second kappa shape index (κ2) is 9.36. The van der Waals surface area contributed by atoms with Gasteiger partial charge >= 0.3 is 0 Å². The number of nitrogens with zero attached hydrogens (tertiary/aromatic N) is 2. The average Bonchev–Trinajstić information content (AvgIpc) is 2.72. The van der Waals surface area contributed by atoms with E-state index in [4.69, 9.17) is 10.5 Å². The third-order valence-corrected chi connectivity index (χ3v) is 4.56. The summed E-state index contributed by atoms with van der Waals surface area (Å²) in [6.45, 7) is 5.06. The molecule has 8 heteroatoms. The van der Waals surface area contributed by atoms with Gasteiger partial charge in [-0.05, 0) is 68.3 Å². The van der Waals surface area contributed by atoms with Crippen LogP contribution >= 0.6 is 0 Å². The zero-order valence-corrected chi connectivity index (χ0v) is 16.3. The minimum atomic E-state index is -1.06. The maximum absolute atomic E-state index is 12.5. The van der Waals surface area contributed by atoms with Gasteiger partial charge in [0.05, 0.1) is 29.4 Å². The van der Waals surface area contributed by atoms with Crippen LogP contribution in [0.4, 0.5) is 5.69 Å². The van der Waals surface area contributed by atoms with Crippen LogP contribution in [0.5, 0.6) is 0 Å². The van der Waals surface area contributed by atoms with Crippen LogP contribution in [0.3, 0.4) is 0 Å². The standard InChI is InChI=1S/C21H21N5O3/c1-12-13(2)18(9-8-17(12)11-23)24-19(14(3)27)21(29)26-25-20(28)16-6-4-15(10-22)5-7-16/h4-9,14,19,24,27H,1-3H3,(H,25,28)(H,26,29)/t14-,19+/m0/s1.